The molecule has 3 N–H and O–H groups in total. The fourth-order valence-corrected chi connectivity index (χ4v) is 0.691. The van der Waals surface area contributed by atoms with Gasteiger partial charge in [0.05, 0.1) is 5.69 Å². The summed E-state index contributed by atoms with van der Waals surface area (Å²) < 4.78 is 4.66. The third-order valence-electron chi connectivity index (χ3n) is 1.48. The first kappa shape index (κ1) is 8.23. The molecule has 0 saturated carbocycles. The average Bonchev–Trinajstić information content (AvgIpc) is 2.52. The highest BCUT2D eigenvalue weighted by Crippen LogP contribution is 1.93. The van der Waals surface area contributed by atoms with Gasteiger partial charge in [-0.15, -0.1) is 0 Å². The van der Waals surface area contributed by atoms with Crippen molar-refractivity contribution in [3.05, 3.63) is 18.0 Å². The molecule has 0 aliphatic rings. The van der Waals surface area contributed by atoms with Gasteiger partial charge in [-0.2, -0.15) is 0 Å². The molecule has 0 fully saturated rings. The van der Waals surface area contributed by atoms with Gasteiger partial charge in [-0.05, 0) is 6.92 Å². The maximum Gasteiger partial charge on any atom is 0.124 e. The van der Waals surface area contributed by atoms with Crippen molar-refractivity contribution in [2.24, 2.45) is 5.73 Å². The molecule has 0 aliphatic heterocycles. The van der Waals surface area contributed by atoms with E-state index in [4.69, 9.17) is 5.73 Å². The van der Waals surface area contributed by atoms with E-state index in [2.05, 4.69) is 15.0 Å². The van der Waals surface area contributed by atoms with Crippen molar-refractivity contribution in [2.75, 3.05) is 6.54 Å². The molecule has 1 aromatic heterocycles. The molecular weight excluding hydrogens is 142 g/mol. The first-order valence-electron chi connectivity index (χ1n) is 3.65. The summed E-state index contributed by atoms with van der Waals surface area (Å²) in [4.78, 5) is 0. The lowest BCUT2D eigenvalue weighted by molar-refractivity contribution is 0.405. The van der Waals surface area contributed by atoms with Gasteiger partial charge in [0.15, 0.2) is 0 Å². The summed E-state index contributed by atoms with van der Waals surface area (Å²) in [5.41, 5.74) is 6.31. The maximum atomic E-state index is 5.41. The van der Waals surface area contributed by atoms with Gasteiger partial charge in [0.2, 0.25) is 0 Å². The Morgan fingerprint density at radius 1 is 1.82 bits per heavy atom. The highest BCUT2D eigenvalue weighted by molar-refractivity contribution is 4.94. The largest absolute Gasteiger partial charge is 0.364 e. The Labute approximate surface area is 65.7 Å². The van der Waals surface area contributed by atoms with Gasteiger partial charge in [-0.3, -0.25) is 0 Å². The number of hydrogen-bond acceptors (Lipinski definition) is 4. The quantitative estimate of drug-likeness (QED) is 0.647. The zero-order chi connectivity index (χ0) is 8.10. The lowest BCUT2D eigenvalue weighted by Crippen LogP contribution is -2.32. The molecule has 0 amide bonds. The second kappa shape index (κ2) is 4.10. The standard InChI is InChI=1S/C7H13N3O/c1-6(4-8)9-5-7-2-3-11-10-7/h2-3,6,9H,4-5,8H2,1H3. The van der Waals surface area contributed by atoms with Gasteiger partial charge in [0, 0.05) is 25.2 Å². The SMILES string of the molecule is CC(CN)NCc1ccon1. The summed E-state index contributed by atoms with van der Waals surface area (Å²) in [6.45, 7) is 3.38. The van der Waals surface area contributed by atoms with E-state index in [0.29, 0.717) is 12.6 Å². The number of aromatic nitrogens is 1. The van der Waals surface area contributed by atoms with Gasteiger partial charge in [0.1, 0.15) is 6.26 Å². The van der Waals surface area contributed by atoms with E-state index < -0.39 is 0 Å². The van der Waals surface area contributed by atoms with Crippen LogP contribution in [0.2, 0.25) is 0 Å². The first-order valence-corrected chi connectivity index (χ1v) is 3.65. The minimum absolute atomic E-state index is 0.326. The number of hydrogen-bond donors (Lipinski definition) is 2. The summed E-state index contributed by atoms with van der Waals surface area (Å²) in [5, 5.41) is 6.93. The average molecular weight is 155 g/mol. The topological polar surface area (TPSA) is 64.1 Å². The fourth-order valence-electron chi connectivity index (χ4n) is 0.691. The zero-order valence-electron chi connectivity index (χ0n) is 6.58. The molecule has 1 aromatic rings. The molecule has 11 heavy (non-hydrogen) atoms. The van der Waals surface area contributed by atoms with Crippen LogP contribution in [0.25, 0.3) is 0 Å². The van der Waals surface area contributed by atoms with E-state index in [-0.39, 0.29) is 0 Å². The normalized spacial score (nSPS) is 13.3. The minimum Gasteiger partial charge on any atom is -0.364 e. The van der Waals surface area contributed by atoms with Crippen LogP contribution in [0.1, 0.15) is 12.6 Å². The minimum atomic E-state index is 0.326. The lowest BCUT2D eigenvalue weighted by Gasteiger charge is -2.08. The van der Waals surface area contributed by atoms with Crippen molar-refractivity contribution in [3.63, 3.8) is 0 Å². The highest BCUT2D eigenvalue weighted by Gasteiger charge is 1.99. The summed E-state index contributed by atoms with van der Waals surface area (Å²) in [5.74, 6) is 0. The van der Waals surface area contributed by atoms with Crippen LogP contribution in [0, 0.1) is 0 Å². The van der Waals surface area contributed by atoms with Crippen molar-refractivity contribution in [3.8, 4) is 0 Å². The Morgan fingerprint density at radius 2 is 2.64 bits per heavy atom. The predicted molar refractivity (Wildman–Crippen MR) is 41.9 cm³/mol. The van der Waals surface area contributed by atoms with Crippen LogP contribution >= 0.6 is 0 Å². The molecule has 0 saturated heterocycles. The van der Waals surface area contributed by atoms with Crippen molar-refractivity contribution in [2.45, 2.75) is 19.5 Å². The first-order chi connectivity index (χ1) is 5.33. The molecule has 0 bridgehead atoms. The smallest absolute Gasteiger partial charge is 0.124 e. The van der Waals surface area contributed by atoms with Crippen LogP contribution in [-0.2, 0) is 6.54 Å². The van der Waals surface area contributed by atoms with E-state index in [0.717, 1.165) is 12.2 Å². The number of nitrogens with one attached hydrogen (secondary N) is 1. The van der Waals surface area contributed by atoms with E-state index in [1.54, 1.807) is 6.26 Å². The van der Waals surface area contributed by atoms with Crippen molar-refractivity contribution >= 4 is 0 Å². The molecule has 1 atom stereocenters. The van der Waals surface area contributed by atoms with E-state index in [1.807, 2.05) is 13.0 Å². The van der Waals surface area contributed by atoms with Gasteiger partial charge >= 0.3 is 0 Å². The van der Waals surface area contributed by atoms with E-state index in [1.165, 1.54) is 0 Å². The van der Waals surface area contributed by atoms with Gasteiger partial charge in [0.25, 0.3) is 0 Å². The second-order valence-corrected chi connectivity index (χ2v) is 2.51. The van der Waals surface area contributed by atoms with Crippen molar-refractivity contribution in [1.29, 1.82) is 0 Å². The van der Waals surface area contributed by atoms with Crippen LogP contribution in [0.5, 0.6) is 0 Å². The molecule has 0 aromatic carbocycles. The molecule has 0 radical (unpaired) electrons. The summed E-state index contributed by atoms with van der Waals surface area (Å²) in [7, 11) is 0. The van der Waals surface area contributed by atoms with Crippen LogP contribution < -0.4 is 11.1 Å². The van der Waals surface area contributed by atoms with Crippen molar-refractivity contribution < 1.29 is 4.52 Å². The lowest BCUT2D eigenvalue weighted by atomic mass is 10.3. The Kier molecular flexibility index (Phi) is 3.07. The van der Waals surface area contributed by atoms with E-state index in [9.17, 15) is 0 Å². The molecule has 0 spiro atoms. The molecule has 0 aliphatic carbocycles. The molecular formula is C7H13N3O. The molecule has 1 rings (SSSR count). The Hall–Kier alpha value is -0.870. The fraction of sp³-hybridized carbons (Fsp3) is 0.571. The Balaban J connectivity index is 2.23. The zero-order valence-corrected chi connectivity index (χ0v) is 6.58. The second-order valence-electron chi connectivity index (χ2n) is 2.51. The predicted octanol–water partition coefficient (Wildman–Crippen LogP) is 0.111. The van der Waals surface area contributed by atoms with Crippen molar-refractivity contribution in [1.82, 2.24) is 10.5 Å². The number of nitrogens with zero attached hydrogens (tertiary/aromatic N) is 1. The van der Waals surface area contributed by atoms with Gasteiger partial charge < -0.3 is 15.6 Å². The number of nitrogens with two attached hydrogens (primary N) is 1. The summed E-state index contributed by atoms with van der Waals surface area (Å²) in [6.07, 6.45) is 1.56. The summed E-state index contributed by atoms with van der Waals surface area (Å²) in [6, 6.07) is 2.16. The Morgan fingerprint density at radius 3 is 3.18 bits per heavy atom. The van der Waals surface area contributed by atoms with Crippen LogP contribution in [0.4, 0.5) is 0 Å². The van der Waals surface area contributed by atoms with Crippen LogP contribution in [0.15, 0.2) is 16.9 Å². The molecule has 4 heteroatoms. The van der Waals surface area contributed by atoms with Crippen LogP contribution in [-0.4, -0.2) is 17.7 Å². The molecule has 4 nitrogen and oxygen atoms in total. The number of rotatable bonds is 4. The summed E-state index contributed by atoms with van der Waals surface area (Å²) >= 11 is 0. The maximum absolute atomic E-state index is 5.41. The Bertz CT molecular complexity index is 186. The monoisotopic (exact) mass is 155 g/mol. The molecule has 1 heterocycles. The molecule has 1 unspecified atom stereocenters. The highest BCUT2D eigenvalue weighted by atomic mass is 16.5. The molecule has 62 valence electrons. The van der Waals surface area contributed by atoms with E-state index >= 15 is 0 Å². The third kappa shape index (κ3) is 2.69. The van der Waals surface area contributed by atoms with Gasteiger partial charge in [-0.1, -0.05) is 5.16 Å². The van der Waals surface area contributed by atoms with Gasteiger partial charge in [-0.25, -0.2) is 0 Å². The van der Waals surface area contributed by atoms with Crippen LogP contribution in [0.3, 0.4) is 0 Å². The third-order valence-corrected chi connectivity index (χ3v) is 1.48.